The van der Waals surface area contributed by atoms with Crippen LogP contribution in [0.5, 0.6) is 0 Å². The van der Waals surface area contributed by atoms with E-state index in [4.69, 9.17) is 16.7 Å². The first kappa shape index (κ1) is 9.02. The molecule has 3 nitrogen and oxygen atoms in total. The fourth-order valence-corrected chi connectivity index (χ4v) is 1.48. The summed E-state index contributed by atoms with van der Waals surface area (Å²) >= 11 is 5.66. The summed E-state index contributed by atoms with van der Waals surface area (Å²) in [7, 11) is 0. The monoisotopic (exact) mass is 213 g/mol. The minimum Gasteiger partial charge on any atom is -0.477 e. The zero-order valence-electron chi connectivity index (χ0n) is 6.84. The van der Waals surface area contributed by atoms with E-state index in [1.807, 2.05) is 0 Å². The third kappa shape index (κ3) is 1.24. The highest BCUT2D eigenvalue weighted by Crippen LogP contribution is 2.26. The topological polar surface area (TPSA) is 53.1 Å². The molecule has 2 aromatic rings. The number of H-pyrrole nitrogens is 1. The number of nitrogens with one attached hydrogen (secondary N) is 1. The van der Waals surface area contributed by atoms with Crippen LogP contribution in [0.15, 0.2) is 18.2 Å². The van der Waals surface area contributed by atoms with E-state index in [0.29, 0.717) is 10.9 Å². The molecule has 0 spiro atoms. The molecule has 0 atom stereocenters. The summed E-state index contributed by atoms with van der Waals surface area (Å²) in [6, 6.07) is 3.94. The summed E-state index contributed by atoms with van der Waals surface area (Å²) in [5.41, 5.74) is 0.501. The zero-order chi connectivity index (χ0) is 10.3. The standard InChI is InChI=1S/C9H5ClFNO2/c10-8-4-3-7(9(13)14)12-6(4)2-1-5(8)11/h1-3,12H,(H,13,14). The molecule has 0 aliphatic carbocycles. The summed E-state index contributed by atoms with van der Waals surface area (Å²) in [6.07, 6.45) is 0. The van der Waals surface area contributed by atoms with Gasteiger partial charge in [-0.15, -0.1) is 0 Å². The average Bonchev–Trinajstić information content (AvgIpc) is 2.56. The number of rotatable bonds is 1. The van der Waals surface area contributed by atoms with Crippen LogP contribution in [0.2, 0.25) is 5.02 Å². The van der Waals surface area contributed by atoms with Crippen molar-refractivity contribution >= 4 is 28.5 Å². The van der Waals surface area contributed by atoms with Crippen molar-refractivity contribution in [1.29, 1.82) is 0 Å². The molecule has 0 saturated carbocycles. The Balaban J connectivity index is 2.77. The predicted molar refractivity (Wildman–Crippen MR) is 50.2 cm³/mol. The Morgan fingerprint density at radius 3 is 2.86 bits per heavy atom. The lowest BCUT2D eigenvalue weighted by molar-refractivity contribution is 0.0691. The van der Waals surface area contributed by atoms with Gasteiger partial charge in [-0.25, -0.2) is 9.18 Å². The first-order valence-electron chi connectivity index (χ1n) is 3.79. The molecule has 0 radical (unpaired) electrons. The van der Waals surface area contributed by atoms with Gasteiger partial charge in [-0.1, -0.05) is 11.6 Å². The maximum Gasteiger partial charge on any atom is 0.352 e. The van der Waals surface area contributed by atoms with Crippen LogP contribution in [0.1, 0.15) is 10.5 Å². The minimum atomic E-state index is -1.10. The van der Waals surface area contributed by atoms with E-state index in [0.717, 1.165) is 0 Å². The van der Waals surface area contributed by atoms with Crippen molar-refractivity contribution in [3.63, 3.8) is 0 Å². The van der Waals surface area contributed by atoms with Crippen molar-refractivity contribution in [3.05, 3.63) is 34.7 Å². The summed E-state index contributed by atoms with van der Waals surface area (Å²) in [5.74, 6) is -1.66. The zero-order valence-corrected chi connectivity index (χ0v) is 7.60. The number of aromatic carboxylic acids is 1. The van der Waals surface area contributed by atoms with Gasteiger partial charge >= 0.3 is 5.97 Å². The number of benzene rings is 1. The molecule has 1 aromatic carbocycles. The van der Waals surface area contributed by atoms with Crippen LogP contribution >= 0.6 is 11.6 Å². The van der Waals surface area contributed by atoms with E-state index in [2.05, 4.69) is 4.98 Å². The number of hydrogen-bond donors (Lipinski definition) is 2. The van der Waals surface area contributed by atoms with Crippen molar-refractivity contribution in [1.82, 2.24) is 4.98 Å². The highest BCUT2D eigenvalue weighted by molar-refractivity contribution is 6.35. The van der Waals surface area contributed by atoms with Crippen LogP contribution in [0, 0.1) is 5.82 Å². The van der Waals surface area contributed by atoms with E-state index in [1.54, 1.807) is 0 Å². The van der Waals surface area contributed by atoms with Crippen LogP contribution < -0.4 is 0 Å². The molecule has 0 saturated heterocycles. The fraction of sp³-hybridized carbons (Fsp3) is 0. The molecule has 0 aliphatic rings. The Labute approximate surface area is 83.1 Å². The average molecular weight is 214 g/mol. The summed E-state index contributed by atoms with van der Waals surface area (Å²) < 4.78 is 13.0. The van der Waals surface area contributed by atoms with E-state index in [1.165, 1.54) is 18.2 Å². The molecule has 0 bridgehead atoms. The third-order valence-corrected chi connectivity index (χ3v) is 2.31. The lowest BCUT2D eigenvalue weighted by atomic mass is 10.2. The fourth-order valence-electron chi connectivity index (χ4n) is 1.26. The van der Waals surface area contributed by atoms with Crippen LogP contribution in [-0.2, 0) is 0 Å². The minimum absolute atomic E-state index is 0.00694. The Hall–Kier alpha value is -1.55. The highest BCUT2D eigenvalue weighted by Gasteiger charge is 2.11. The maximum absolute atomic E-state index is 13.0. The lowest BCUT2D eigenvalue weighted by Crippen LogP contribution is -1.94. The Morgan fingerprint density at radius 2 is 2.21 bits per heavy atom. The second-order valence-corrected chi connectivity index (χ2v) is 3.19. The number of aromatic nitrogens is 1. The van der Waals surface area contributed by atoms with Gasteiger partial charge in [0.05, 0.1) is 5.02 Å². The van der Waals surface area contributed by atoms with Crippen LogP contribution in [0.25, 0.3) is 10.9 Å². The predicted octanol–water partition coefficient (Wildman–Crippen LogP) is 2.66. The largest absolute Gasteiger partial charge is 0.477 e. The number of carboxylic acid groups (broad SMARTS) is 1. The Bertz CT molecular complexity index is 521. The number of aromatic amines is 1. The van der Waals surface area contributed by atoms with E-state index in [-0.39, 0.29) is 10.7 Å². The van der Waals surface area contributed by atoms with E-state index >= 15 is 0 Å². The number of halogens is 2. The summed E-state index contributed by atoms with van der Waals surface area (Å²) in [4.78, 5) is 13.2. The van der Waals surface area contributed by atoms with Crippen molar-refractivity contribution in [2.45, 2.75) is 0 Å². The van der Waals surface area contributed by atoms with Crippen LogP contribution in [0.3, 0.4) is 0 Å². The van der Waals surface area contributed by atoms with Gasteiger partial charge in [0.1, 0.15) is 11.5 Å². The van der Waals surface area contributed by atoms with Crippen molar-refractivity contribution in [3.8, 4) is 0 Å². The summed E-state index contributed by atoms with van der Waals surface area (Å²) in [5, 5.41) is 8.99. The SMILES string of the molecule is O=C(O)c1cc2c(Cl)c(F)ccc2[nH]1. The maximum atomic E-state index is 13.0. The molecule has 0 unspecified atom stereocenters. The van der Waals surface area contributed by atoms with Gasteiger partial charge in [-0.2, -0.15) is 0 Å². The van der Waals surface area contributed by atoms with Gasteiger partial charge in [0.15, 0.2) is 0 Å². The molecule has 0 amide bonds. The van der Waals surface area contributed by atoms with Gasteiger partial charge in [0.25, 0.3) is 0 Å². The molecule has 2 N–H and O–H groups in total. The van der Waals surface area contributed by atoms with Gasteiger partial charge in [-0.3, -0.25) is 0 Å². The number of carboxylic acids is 1. The van der Waals surface area contributed by atoms with Gasteiger partial charge in [-0.05, 0) is 18.2 Å². The Kier molecular flexibility index (Phi) is 1.93. The molecular formula is C9H5ClFNO2. The van der Waals surface area contributed by atoms with Crippen LogP contribution in [-0.4, -0.2) is 16.1 Å². The van der Waals surface area contributed by atoms with Gasteiger partial charge < -0.3 is 10.1 Å². The van der Waals surface area contributed by atoms with Gasteiger partial charge in [0.2, 0.25) is 0 Å². The molecule has 72 valence electrons. The lowest BCUT2D eigenvalue weighted by Gasteiger charge is -1.93. The van der Waals surface area contributed by atoms with Crippen molar-refractivity contribution in [2.24, 2.45) is 0 Å². The second kappa shape index (κ2) is 2.99. The molecule has 1 aromatic heterocycles. The summed E-state index contributed by atoms with van der Waals surface area (Å²) in [6.45, 7) is 0. The molecular weight excluding hydrogens is 209 g/mol. The number of carbonyl (C=O) groups is 1. The van der Waals surface area contributed by atoms with Crippen molar-refractivity contribution in [2.75, 3.05) is 0 Å². The van der Waals surface area contributed by atoms with E-state index in [9.17, 15) is 9.18 Å². The number of fused-ring (bicyclic) bond motifs is 1. The smallest absolute Gasteiger partial charge is 0.352 e. The third-order valence-electron chi connectivity index (χ3n) is 1.92. The number of hydrogen-bond acceptors (Lipinski definition) is 1. The first-order valence-corrected chi connectivity index (χ1v) is 4.17. The highest BCUT2D eigenvalue weighted by atomic mass is 35.5. The van der Waals surface area contributed by atoms with Crippen LogP contribution in [0.4, 0.5) is 4.39 Å². The van der Waals surface area contributed by atoms with E-state index < -0.39 is 11.8 Å². The quantitative estimate of drug-likeness (QED) is 0.765. The molecule has 1 heterocycles. The second-order valence-electron chi connectivity index (χ2n) is 2.81. The van der Waals surface area contributed by atoms with Gasteiger partial charge in [0, 0.05) is 10.9 Å². The molecule has 2 rings (SSSR count). The molecule has 0 fully saturated rings. The normalized spacial score (nSPS) is 10.7. The molecule has 0 aliphatic heterocycles. The Morgan fingerprint density at radius 1 is 1.50 bits per heavy atom. The molecule has 5 heteroatoms. The van der Waals surface area contributed by atoms with Crippen molar-refractivity contribution < 1.29 is 14.3 Å². The first-order chi connectivity index (χ1) is 6.59. The molecule has 14 heavy (non-hydrogen) atoms.